The van der Waals surface area contributed by atoms with Crippen molar-refractivity contribution in [3.8, 4) is 0 Å². The number of para-hydroxylation sites is 2. The van der Waals surface area contributed by atoms with E-state index in [4.69, 9.17) is 0 Å². The molecule has 2 aromatic rings. The molecule has 4 radical (unpaired) electrons. The van der Waals surface area contributed by atoms with E-state index in [1.165, 1.54) is 0 Å². The van der Waals surface area contributed by atoms with Crippen LogP contribution in [0.1, 0.15) is 6.92 Å². The second kappa shape index (κ2) is 8.56. The van der Waals surface area contributed by atoms with Crippen molar-refractivity contribution in [1.29, 1.82) is 0 Å². The molecule has 0 saturated carbocycles. The Morgan fingerprint density at radius 1 is 1.06 bits per heavy atom. The number of benzene rings is 1. The summed E-state index contributed by atoms with van der Waals surface area (Å²) in [4.78, 5) is 8.24. The van der Waals surface area contributed by atoms with Crippen LogP contribution in [0.2, 0.25) is 0 Å². The molecule has 0 aliphatic rings. The SMILES string of the molecule is C=CC=CC.[Si].c1ccc2nccnc2c1. The summed E-state index contributed by atoms with van der Waals surface area (Å²) in [5.74, 6) is 0. The van der Waals surface area contributed by atoms with Gasteiger partial charge in [-0.1, -0.05) is 36.9 Å². The summed E-state index contributed by atoms with van der Waals surface area (Å²) in [5, 5.41) is 0. The first-order chi connectivity index (χ1) is 7.38. The summed E-state index contributed by atoms with van der Waals surface area (Å²) in [6.07, 6.45) is 8.97. The highest BCUT2D eigenvalue weighted by atomic mass is 28.1. The lowest BCUT2D eigenvalue weighted by Crippen LogP contribution is -1.78. The fraction of sp³-hybridized carbons (Fsp3) is 0.0769. The highest BCUT2D eigenvalue weighted by Gasteiger charge is 1.88. The van der Waals surface area contributed by atoms with E-state index in [9.17, 15) is 0 Å². The van der Waals surface area contributed by atoms with Gasteiger partial charge in [0.25, 0.3) is 0 Å². The zero-order chi connectivity index (χ0) is 10.9. The van der Waals surface area contributed by atoms with E-state index in [0.717, 1.165) is 11.0 Å². The molecule has 1 heterocycles. The zero-order valence-electron chi connectivity index (χ0n) is 9.30. The zero-order valence-corrected chi connectivity index (χ0v) is 10.3. The highest BCUT2D eigenvalue weighted by Crippen LogP contribution is 2.04. The van der Waals surface area contributed by atoms with Gasteiger partial charge in [0.05, 0.1) is 11.0 Å². The van der Waals surface area contributed by atoms with Gasteiger partial charge in [-0.05, 0) is 19.1 Å². The molecule has 2 nitrogen and oxygen atoms in total. The predicted octanol–water partition coefficient (Wildman–Crippen LogP) is 3.00. The molecule has 2 rings (SSSR count). The van der Waals surface area contributed by atoms with Gasteiger partial charge in [-0.25, -0.2) is 0 Å². The molecule has 0 amide bonds. The van der Waals surface area contributed by atoms with Crippen molar-refractivity contribution in [1.82, 2.24) is 9.97 Å². The second-order valence-electron chi connectivity index (χ2n) is 2.81. The monoisotopic (exact) mass is 226 g/mol. The normalized spacial score (nSPS) is 9.06. The molecule has 0 unspecified atom stereocenters. The summed E-state index contributed by atoms with van der Waals surface area (Å²) < 4.78 is 0. The van der Waals surface area contributed by atoms with Crippen molar-refractivity contribution in [3.63, 3.8) is 0 Å². The molecule has 0 aliphatic carbocycles. The summed E-state index contributed by atoms with van der Waals surface area (Å²) in [5.41, 5.74) is 1.90. The number of fused-ring (bicyclic) bond motifs is 1. The fourth-order valence-electron chi connectivity index (χ4n) is 1.05. The topological polar surface area (TPSA) is 25.8 Å². The maximum Gasteiger partial charge on any atom is 0.0886 e. The van der Waals surface area contributed by atoms with E-state index in [1.807, 2.05) is 43.3 Å². The van der Waals surface area contributed by atoms with E-state index in [2.05, 4.69) is 16.5 Å². The lowest BCUT2D eigenvalue weighted by atomic mass is 10.3. The van der Waals surface area contributed by atoms with Crippen LogP contribution in [-0.2, 0) is 0 Å². The molecular formula is C13H14N2Si. The molecule has 16 heavy (non-hydrogen) atoms. The second-order valence-corrected chi connectivity index (χ2v) is 2.81. The van der Waals surface area contributed by atoms with E-state index < -0.39 is 0 Å². The first-order valence-corrected chi connectivity index (χ1v) is 4.78. The van der Waals surface area contributed by atoms with Crippen molar-refractivity contribution in [2.75, 3.05) is 0 Å². The number of nitrogens with zero attached hydrogens (tertiary/aromatic N) is 2. The van der Waals surface area contributed by atoms with Crippen LogP contribution in [0.3, 0.4) is 0 Å². The Bertz CT molecular complexity index is 387. The lowest BCUT2D eigenvalue weighted by molar-refractivity contribution is 1.29. The molecule has 0 saturated heterocycles. The lowest BCUT2D eigenvalue weighted by Gasteiger charge is -1.90. The Morgan fingerprint density at radius 2 is 1.56 bits per heavy atom. The van der Waals surface area contributed by atoms with Crippen molar-refractivity contribution in [3.05, 3.63) is 61.5 Å². The van der Waals surface area contributed by atoms with Crippen LogP contribution in [0.5, 0.6) is 0 Å². The molecule has 80 valence electrons. The van der Waals surface area contributed by atoms with E-state index in [0.29, 0.717) is 0 Å². The van der Waals surface area contributed by atoms with Crippen LogP contribution >= 0.6 is 0 Å². The molecule has 0 fully saturated rings. The molecular weight excluding hydrogens is 212 g/mol. The van der Waals surface area contributed by atoms with Crippen molar-refractivity contribution >= 4 is 22.0 Å². The third kappa shape index (κ3) is 4.66. The van der Waals surface area contributed by atoms with Crippen molar-refractivity contribution in [2.45, 2.75) is 6.92 Å². The van der Waals surface area contributed by atoms with Gasteiger partial charge in [-0.2, -0.15) is 0 Å². The maximum atomic E-state index is 4.12. The third-order valence-electron chi connectivity index (χ3n) is 1.70. The largest absolute Gasteiger partial charge is 0.253 e. The Kier molecular flexibility index (Phi) is 7.62. The average molecular weight is 226 g/mol. The number of rotatable bonds is 1. The van der Waals surface area contributed by atoms with Crippen LogP contribution in [-0.4, -0.2) is 20.9 Å². The molecule has 3 heteroatoms. The summed E-state index contributed by atoms with van der Waals surface area (Å²) in [6, 6.07) is 7.80. The number of aromatic nitrogens is 2. The molecule has 1 aromatic carbocycles. The van der Waals surface area contributed by atoms with Gasteiger partial charge >= 0.3 is 0 Å². The summed E-state index contributed by atoms with van der Waals surface area (Å²) in [6.45, 7) is 5.42. The van der Waals surface area contributed by atoms with Gasteiger partial charge in [0.15, 0.2) is 0 Å². The van der Waals surface area contributed by atoms with Crippen molar-refractivity contribution < 1.29 is 0 Å². The Morgan fingerprint density at radius 3 is 1.88 bits per heavy atom. The first-order valence-electron chi connectivity index (χ1n) is 4.78. The molecule has 0 aliphatic heterocycles. The standard InChI is InChI=1S/C8H6N2.C5H8.Si/c1-2-4-8-7(3-1)9-5-6-10-8;1-3-5-4-2;/h1-6H;3-5H,1H2,2H3;. The summed E-state index contributed by atoms with van der Waals surface area (Å²) >= 11 is 0. The molecule has 0 spiro atoms. The van der Waals surface area contributed by atoms with Gasteiger partial charge < -0.3 is 0 Å². The molecule has 1 aromatic heterocycles. The van der Waals surface area contributed by atoms with Gasteiger partial charge in [0.2, 0.25) is 0 Å². The van der Waals surface area contributed by atoms with E-state index in [1.54, 1.807) is 18.5 Å². The molecule has 0 atom stereocenters. The van der Waals surface area contributed by atoms with E-state index in [-0.39, 0.29) is 11.0 Å². The van der Waals surface area contributed by atoms with Crippen LogP contribution in [0.25, 0.3) is 11.0 Å². The first kappa shape index (κ1) is 14.3. The smallest absolute Gasteiger partial charge is 0.0886 e. The van der Waals surface area contributed by atoms with Gasteiger partial charge in [-0.15, -0.1) is 0 Å². The van der Waals surface area contributed by atoms with Crippen molar-refractivity contribution in [2.24, 2.45) is 0 Å². The minimum absolute atomic E-state index is 0. The van der Waals surface area contributed by atoms with Gasteiger partial charge in [0.1, 0.15) is 0 Å². The average Bonchev–Trinajstić information content (AvgIpc) is 2.31. The third-order valence-corrected chi connectivity index (χ3v) is 1.70. The number of allylic oxidation sites excluding steroid dienone is 3. The molecule has 0 N–H and O–H groups in total. The van der Waals surface area contributed by atoms with Crippen LogP contribution in [0.4, 0.5) is 0 Å². The highest BCUT2D eigenvalue weighted by molar-refractivity contribution is 5.75. The maximum absolute atomic E-state index is 4.12. The molecule has 0 bridgehead atoms. The quantitative estimate of drug-likeness (QED) is 0.552. The van der Waals surface area contributed by atoms with Crippen LogP contribution < -0.4 is 0 Å². The van der Waals surface area contributed by atoms with Gasteiger partial charge in [-0.3, -0.25) is 9.97 Å². The van der Waals surface area contributed by atoms with Crippen LogP contribution in [0.15, 0.2) is 61.5 Å². The van der Waals surface area contributed by atoms with E-state index >= 15 is 0 Å². The minimum Gasteiger partial charge on any atom is -0.253 e. The predicted molar refractivity (Wildman–Crippen MR) is 70.3 cm³/mol. The summed E-state index contributed by atoms with van der Waals surface area (Å²) in [7, 11) is 0. The Balaban J connectivity index is 0.000000330. The fourth-order valence-corrected chi connectivity index (χ4v) is 1.05. The van der Waals surface area contributed by atoms with Crippen LogP contribution in [0, 0.1) is 0 Å². The Labute approximate surface area is 101 Å². The van der Waals surface area contributed by atoms with Gasteiger partial charge in [0, 0.05) is 23.4 Å². The number of hydrogen-bond acceptors (Lipinski definition) is 2. The minimum atomic E-state index is 0. The number of hydrogen-bond donors (Lipinski definition) is 0. The Hall–Kier alpha value is -1.74.